The standard InChI is InChI=1S/C17H19N5O3S2/c1-3-9-25-17(24)22-7-5-11(6-8-22)15-18-12(10-26-15)14(23)19-16-21-20-13(4-2)27-16/h1,10-11H,4-9H2,2H3,(H,19,21,23). The van der Waals surface area contributed by atoms with Crippen molar-refractivity contribution in [2.24, 2.45) is 0 Å². The molecule has 0 spiro atoms. The van der Waals surface area contributed by atoms with Gasteiger partial charge in [0.1, 0.15) is 10.7 Å². The number of aromatic nitrogens is 3. The van der Waals surface area contributed by atoms with Gasteiger partial charge in [-0.05, 0) is 19.3 Å². The molecule has 0 aromatic carbocycles. The first-order valence-corrected chi connectivity index (χ1v) is 10.2. The molecule has 1 fully saturated rings. The minimum atomic E-state index is -0.380. The largest absolute Gasteiger partial charge is 0.436 e. The SMILES string of the molecule is C#CCOC(=O)N1CCC(c2nc(C(=O)Nc3nnc(CC)s3)cs2)CC1. The number of nitrogens with one attached hydrogen (secondary N) is 1. The maximum atomic E-state index is 12.3. The van der Waals surface area contributed by atoms with Crippen molar-refractivity contribution in [3.8, 4) is 12.3 Å². The summed E-state index contributed by atoms with van der Waals surface area (Å²) in [5, 5.41) is 14.7. The predicted molar refractivity (Wildman–Crippen MR) is 103 cm³/mol. The molecule has 1 saturated heterocycles. The van der Waals surface area contributed by atoms with Gasteiger partial charge in [-0.15, -0.1) is 28.0 Å². The van der Waals surface area contributed by atoms with Crippen LogP contribution in [0.2, 0.25) is 0 Å². The number of piperidine rings is 1. The van der Waals surface area contributed by atoms with Gasteiger partial charge < -0.3 is 9.64 Å². The first kappa shape index (κ1) is 19.3. The molecule has 0 aliphatic carbocycles. The molecule has 8 nitrogen and oxygen atoms in total. The van der Waals surface area contributed by atoms with Crippen LogP contribution in [0.3, 0.4) is 0 Å². The zero-order valence-electron chi connectivity index (χ0n) is 14.8. The lowest BCUT2D eigenvalue weighted by molar-refractivity contribution is 0.102. The van der Waals surface area contributed by atoms with E-state index >= 15 is 0 Å². The van der Waals surface area contributed by atoms with E-state index in [2.05, 4.69) is 26.4 Å². The van der Waals surface area contributed by atoms with Crippen molar-refractivity contribution in [3.63, 3.8) is 0 Å². The van der Waals surface area contributed by atoms with Crippen LogP contribution < -0.4 is 5.32 Å². The van der Waals surface area contributed by atoms with E-state index in [0.29, 0.717) is 23.9 Å². The van der Waals surface area contributed by atoms with Gasteiger partial charge in [-0.2, -0.15) is 0 Å². The summed E-state index contributed by atoms with van der Waals surface area (Å²) in [6, 6.07) is 0. The van der Waals surface area contributed by atoms with Crippen LogP contribution in [0.25, 0.3) is 0 Å². The van der Waals surface area contributed by atoms with E-state index in [1.807, 2.05) is 6.92 Å². The summed E-state index contributed by atoms with van der Waals surface area (Å²) in [5.74, 6) is 2.22. The van der Waals surface area contributed by atoms with Gasteiger partial charge in [-0.3, -0.25) is 10.1 Å². The van der Waals surface area contributed by atoms with Gasteiger partial charge in [-0.25, -0.2) is 9.78 Å². The topological polar surface area (TPSA) is 97.3 Å². The highest BCUT2D eigenvalue weighted by Crippen LogP contribution is 2.30. The van der Waals surface area contributed by atoms with Gasteiger partial charge in [0.25, 0.3) is 5.91 Å². The van der Waals surface area contributed by atoms with Gasteiger partial charge >= 0.3 is 6.09 Å². The quantitative estimate of drug-likeness (QED) is 0.768. The van der Waals surface area contributed by atoms with Crippen molar-refractivity contribution in [2.75, 3.05) is 25.0 Å². The number of likely N-dealkylation sites (tertiary alicyclic amines) is 1. The van der Waals surface area contributed by atoms with Gasteiger partial charge in [-0.1, -0.05) is 24.2 Å². The Bertz CT molecular complexity index is 849. The maximum absolute atomic E-state index is 12.3. The van der Waals surface area contributed by atoms with Crippen molar-refractivity contribution in [1.29, 1.82) is 0 Å². The van der Waals surface area contributed by atoms with E-state index in [1.165, 1.54) is 22.7 Å². The number of aryl methyl sites for hydroxylation is 1. The van der Waals surface area contributed by atoms with E-state index in [4.69, 9.17) is 11.2 Å². The summed E-state index contributed by atoms with van der Waals surface area (Å²) in [5.41, 5.74) is 0.374. The number of carbonyl (C=O) groups is 2. The summed E-state index contributed by atoms with van der Waals surface area (Å²) >= 11 is 2.82. The number of amides is 2. The maximum Gasteiger partial charge on any atom is 0.410 e. The molecule has 1 aliphatic rings. The molecule has 1 aliphatic heterocycles. The van der Waals surface area contributed by atoms with Crippen LogP contribution in [0, 0.1) is 12.3 Å². The number of carbonyl (C=O) groups excluding carboxylic acids is 2. The molecule has 142 valence electrons. The Balaban J connectivity index is 1.54. The molecule has 27 heavy (non-hydrogen) atoms. The fourth-order valence-electron chi connectivity index (χ4n) is 2.69. The molecule has 0 bridgehead atoms. The molecule has 0 saturated carbocycles. The second-order valence-corrected chi connectivity index (χ2v) is 7.85. The monoisotopic (exact) mass is 405 g/mol. The highest BCUT2D eigenvalue weighted by Gasteiger charge is 2.27. The Morgan fingerprint density at radius 2 is 2.19 bits per heavy atom. The fourth-order valence-corrected chi connectivity index (χ4v) is 4.34. The third-order valence-electron chi connectivity index (χ3n) is 4.13. The lowest BCUT2D eigenvalue weighted by Gasteiger charge is -2.30. The average Bonchev–Trinajstić information content (AvgIpc) is 3.35. The van der Waals surface area contributed by atoms with E-state index in [-0.39, 0.29) is 24.5 Å². The first-order valence-electron chi connectivity index (χ1n) is 8.55. The number of terminal acetylenes is 1. The van der Waals surface area contributed by atoms with E-state index in [1.54, 1.807) is 10.3 Å². The Labute approximate surface area is 165 Å². The number of hydrogen-bond acceptors (Lipinski definition) is 8. The molecule has 1 N–H and O–H groups in total. The number of thiazole rings is 1. The minimum absolute atomic E-state index is 0.0158. The second-order valence-electron chi connectivity index (χ2n) is 5.90. The van der Waals surface area contributed by atoms with Crippen molar-refractivity contribution in [2.45, 2.75) is 32.1 Å². The smallest absolute Gasteiger partial charge is 0.410 e. The van der Waals surface area contributed by atoms with Crippen LogP contribution in [0.1, 0.15) is 46.2 Å². The lowest BCUT2D eigenvalue weighted by atomic mass is 9.98. The molecular formula is C17H19N5O3S2. The van der Waals surface area contributed by atoms with E-state index in [9.17, 15) is 9.59 Å². The van der Waals surface area contributed by atoms with Crippen LogP contribution in [0.15, 0.2) is 5.38 Å². The summed E-state index contributed by atoms with van der Waals surface area (Å²) < 4.78 is 4.95. The van der Waals surface area contributed by atoms with E-state index in [0.717, 1.165) is 29.3 Å². The number of rotatable bonds is 5. The van der Waals surface area contributed by atoms with Crippen molar-refractivity contribution in [3.05, 3.63) is 21.1 Å². The van der Waals surface area contributed by atoms with Crippen molar-refractivity contribution < 1.29 is 14.3 Å². The second kappa shape index (κ2) is 8.92. The van der Waals surface area contributed by atoms with Gasteiger partial charge in [0.05, 0.1) is 5.01 Å². The Morgan fingerprint density at radius 3 is 2.85 bits per heavy atom. The van der Waals surface area contributed by atoms with Gasteiger partial charge in [0, 0.05) is 24.4 Å². The Hall–Kier alpha value is -2.51. The minimum Gasteiger partial charge on any atom is -0.436 e. The number of nitrogens with zero attached hydrogens (tertiary/aromatic N) is 4. The Morgan fingerprint density at radius 1 is 1.41 bits per heavy atom. The number of ether oxygens (including phenoxy) is 1. The first-order chi connectivity index (χ1) is 13.1. The van der Waals surface area contributed by atoms with Crippen LogP contribution >= 0.6 is 22.7 Å². The molecule has 2 amide bonds. The highest BCUT2D eigenvalue weighted by molar-refractivity contribution is 7.15. The third kappa shape index (κ3) is 4.81. The van der Waals surface area contributed by atoms with Crippen LogP contribution in [-0.2, 0) is 11.2 Å². The number of anilines is 1. The molecule has 2 aromatic heterocycles. The molecule has 2 aromatic rings. The highest BCUT2D eigenvalue weighted by atomic mass is 32.1. The molecular weight excluding hydrogens is 386 g/mol. The predicted octanol–water partition coefficient (Wildman–Crippen LogP) is 2.76. The van der Waals surface area contributed by atoms with Crippen LogP contribution in [0.5, 0.6) is 0 Å². The van der Waals surface area contributed by atoms with Crippen LogP contribution in [-0.4, -0.2) is 51.8 Å². The summed E-state index contributed by atoms with van der Waals surface area (Å²) in [6.45, 7) is 3.14. The summed E-state index contributed by atoms with van der Waals surface area (Å²) in [4.78, 5) is 30.3. The summed E-state index contributed by atoms with van der Waals surface area (Å²) in [6.07, 6.45) is 7.04. The number of hydrogen-bond donors (Lipinski definition) is 1. The molecule has 3 heterocycles. The van der Waals surface area contributed by atoms with Gasteiger partial charge in [0.15, 0.2) is 6.61 Å². The fraction of sp³-hybridized carbons (Fsp3) is 0.471. The summed E-state index contributed by atoms with van der Waals surface area (Å²) in [7, 11) is 0. The van der Waals surface area contributed by atoms with E-state index < -0.39 is 0 Å². The van der Waals surface area contributed by atoms with Crippen LogP contribution in [0.4, 0.5) is 9.93 Å². The normalized spacial score (nSPS) is 14.6. The zero-order chi connectivity index (χ0) is 19.2. The molecule has 0 radical (unpaired) electrons. The zero-order valence-corrected chi connectivity index (χ0v) is 16.4. The molecule has 10 heteroatoms. The van der Waals surface area contributed by atoms with Crippen molar-refractivity contribution >= 4 is 39.8 Å². The Kier molecular flexibility index (Phi) is 6.36. The average molecular weight is 406 g/mol. The third-order valence-corrected chi connectivity index (χ3v) is 6.12. The molecule has 0 unspecified atom stereocenters. The van der Waals surface area contributed by atoms with Crippen molar-refractivity contribution in [1.82, 2.24) is 20.1 Å². The molecule has 3 rings (SSSR count). The molecule has 0 atom stereocenters. The lowest BCUT2D eigenvalue weighted by Crippen LogP contribution is -2.38. The van der Waals surface area contributed by atoms with Gasteiger partial charge in [0.2, 0.25) is 5.13 Å².